The average Bonchev–Trinajstić information content (AvgIpc) is 3.16. The van der Waals surface area contributed by atoms with Crippen LogP contribution < -0.4 is 19.5 Å². The standard InChI is InChI=1S/C19H16N2O4S/c1-23-13-6-4-5-12(9-13)14-11-26-19(20-14)21-18(22)17-10-24-15-7-2-3-8-16(15)25-17/h2-9,11,17H,10H2,1H3,(H,20,21,22). The lowest BCUT2D eigenvalue weighted by molar-refractivity contribution is -0.125. The number of ether oxygens (including phenoxy) is 3. The summed E-state index contributed by atoms with van der Waals surface area (Å²) in [6, 6.07) is 14.9. The van der Waals surface area contributed by atoms with Gasteiger partial charge in [-0.1, -0.05) is 24.3 Å². The third kappa shape index (κ3) is 3.34. The summed E-state index contributed by atoms with van der Waals surface area (Å²) >= 11 is 1.36. The molecule has 1 atom stereocenters. The van der Waals surface area contributed by atoms with Gasteiger partial charge in [-0.2, -0.15) is 0 Å². The molecule has 0 aliphatic carbocycles. The van der Waals surface area contributed by atoms with Crippen molar-refractivity contribution in [3.63, 3.8) is 0 Å². The van der Waals surface area contributed by atoms with Gasteiger partial charge in [-0.3, -0.25) is 10.1 Å². The smallest absolute Gasteiger partial charge is 0.270 e. The second-order valence-electron chi connectivity index (χ2n) is 5.62. The fraction of sp³-hybridized carbons (Fsp3) is 0.158. The Kier molecular flexibility index (Phi) is 4.45. The minimum Gasteiger partial charge on any atom is -0.497 e. The minimum atomic E-state index is -0.714. The number of hydrogen-bond donors (Lipinski definition) is 1. The molecule has 1 aliphatic rings. The van der Waals surface area contributed by atoms with Gasteiger partial charge in [0.05, 0.1) is 12.8 Å². The van der Waals surface area contributed by atoms with Crippen molar-refractivity contribution in [2.45, 2.75) is 6.10 Å². The molecule has 6 nitrogen and oxygen atoms in total. The summed E-state index contributed by atoms with van der Waals surface area (Å²) < 4.78 is 16.5. The molecule has 0 radical (unpaired) electrons. The SMILES string of the molecule is COc1cccc(-c2csc(NC(=O)C3COc4ccccc4O3)n2)c1. The van der Waals surface area contributed by atoms with E-state index >= 15 is 0 Å². The molecule has 1 aliphatic heterocycles. The lowest BCUT2D eigenvalue weighted by Crippen LogP contribution is -2.40. The second kappa shape index (κ2) is 7.05. The molecule has 1 unspecified atom stereocenters. The van der Waals surface area contributed by atoms with Crippen molar-refractivity contribution in [1.29, 1.82) is 0 Å². The molecule has 0 bridgehead atoms. The fourth-order valence-electron chi connectivity index (χ4n) is 2.58. The van der Waals surface area contributed by atoms with Crippen molar-refractivity contribution in [3.05, 3.63) is 53.9 Å². The van der Waals surface area contributed by atoms with Gasteiger partial charge in [0.1, 0.15) is 12.4 Å². The van der Waals surface area contributed by atoms with E-state index in [9.17, 15) is 4.79 Å². The van der Waals surface area contributed by atoms with E-state index in [4.69, 9.17) is 14.2 Å². The van der Waals surface area contributed by atoms with Crippen LogP contribution in [0.5, 0.6) is 17.2 Å². The van der Waals surface area contributed by atoms with E-state index < -0.39 is 6.10 Å². The number of para-hydroxylation sites is 2. The summed E-state index contributed by atoms with van der Waals surface area (Å²) in [5.41, 5.74) is 1.70. The second-order valence-corrected chi connectivity index (χ2v) is 6.48. The van der Waals surface area contributed by atoms with E-state index in [0.29, 0.717) is 16.6 Å². The summed E-state index contributed by atoms with van der Waals surface area (Å²) in [6.07, 6.45) is -0.714. The van der Waals surface area contributed by atoms with Crippen molar-refractivity contribution in [1.82, 2.24) is 4.98 Å². The monoisotopic (exact) mass is 368 g/mol. The lowest BCUT2D eigenvalue weighted by Gasteiger charge is -2.25. The van der Waals surface area contributed by atoms with Crippen LogP contribution in [0.1, 0.15) is 0 Å². The zero-order valence-electron chi connectivity index (χ0n) is 14.0. The number of fused-ring (bicyclic) bond motifs is 1. The predicted octanol–water partition coefficient (Wildman–Crippen LogP) is 3.60. The molecule has 3 aromatic rings. The summed E-state index contributed by atoms with van der Waals surface area (Å²) in [6.45, 7) is 0.164. The maximum absolute atomic E-state index is 12.5. The van der Waals surface area contributed by atoms with Crippen LogP contribution in [0.25, 0.3) is 11.3 Å². The highest BCUT2D eigenvalue weighted by atomic mass is 32.1. The van der Waals surface area contributed by atoms with E-state index in [-0.39, 0.29) is 12.5 Å². The van der Waals surface area contributed by atoms with Gasteiger partial charge in [-0.05, 0) is 24.3 Å². The number of amides is 1. The van der Waals surface area contributed by atoms with Crippen molar-refractivity contribution in [2.75, 3.05) is 19.0 Å². The normalized spacial score (nSPS) is 15.3. The predicted molar refractivity (Wildman–Crippen MR) is 99.1 cm³/mol. The van der Waals surface area contributed by atoms with E-state index in [1.165, 1.54) is 11.3 Å². The highest BCUT2D eigenvalue weighted by molar-refractivity contribution is 7.14. The van der Waals surface area contributed by atoms with Gasteiger partial charge < -0.3 is 14.2 Å². The van der Waals surface area contributed by atoms with Crippen LogP contribution in [0.4, 0.5) is 5.13 Å². The first-order valence-corrected chi connectivity index (χ1v) is 8.90. The topological polar surface area (TPSA) is 69.7 Å². The van der Waals surface area contributed by atoms with Gasteiger partial charge in [0.25, 0.3) is 5.91 Å². The van der Waals surface area contributed by atoms with E-state index in [0.717, 1.165) is 17.0 Å². The molecule has 0 saturated carbocycles. The quantitative estimate of drug-likeness (QED) is 0.762. The number of benzene rings is 2. The Morgan fingerprint density at radius 2 is 2.08 bits per heavy atom. The van der Waals surface area contributed by atoms with E-state index in [1.807, 2.05) is 47.8 Å². The molecular formula is C19H16N2O4S. The van der Waals surface area contributed by atoms with Crippen LogP contribution in [0.3, 0.4) is 0 Å². The first-order chi connectivity index (χ1) is 12.7. The van der Waals surface area contributed by atoms with E-state index in [2.05, 4.69) is 10.3 Å². The van der Waals surface area contributed by atoms with Gasteiger partial charge >= 0.3 is 0 Å². The number of carbonyl (C=O) groups is 1. The molecule has 0 spiro atoms. The molecular weight excluding hydrogens is 352 g/mol. The van der Waals surface area contributed by atoms with Crippen LogP contribution in [0.15, 0.2) is 53.9 Å². The van der Waals surface area contributed by atoms with Gasteiger partial charge in [-0.25, -0.2) is 4.98 Å². The van der Waals surface area contributed by atoms with Gasteiger partial charge in [-0.15, -0.1) is 11.3 Å². The minimum absolute atomic E-state index is 0.164. The van der Waals surface area contributed by atoms with Crippen LogP contribution in [0.2, 0.25) is 0 Å². The lowest BCUT2D eigenvalue weighted by atomic mass is 10.2. The number of aromatic nitrogens is 1. The molecule has 1 N–H and O–H groups in total. The van der Waals surface area contributed by atoms with Crippen LogP contribution in [-0.2, 0) is 4.79 Å². The third-order valence-electron chi connectivity index (χ3n) is 3.90. The highest BCUT2D eigenvalue weighted by Crippen LogP contribution is 2.32. The molecule has 1 amide bonds. The van der Waals surface area contributed by atoms with Crippen molar-refractivity contribution in [2.24, 2.45) is 0 Å². The summed E-state index contributed by atoms with van der Waals surface area (Å²) in [4.78, 5) is 16.9. The molecule has 2 heterocycles. The maximum Gasteiger partial charge on any atom is 0.270 e. The van der Waals surface area contributed by atoms with Crippen LogP contribution in [-0.4, -0.2) is 30.7 Å². The third-order valence-corrected chi connectivity index (χ3v) is 4.66. The molecule has 7 heteroatoms. The number of carbonyl (C=O) groups excluding carboxylic acids is 1. The summed E-state index contributed by atoms with van der Waals surface area (Å²) in [5.74, 6) is 1.68. The van der Waals surface area contributed by atoms with Gasteiger partial charge in [0.15, 0.2) is 16.6 Å². The number of rotatable bonds is 4. The highest BCUT2D eigenvalue weighted by Gasteiger charge is 2.27. The van der Waals surface area contributed by atoms with E-state index in [1.54, 1.807) is 13.2 Å². The molecule has 1 aromatic heterocycles. The Morgan fingerprint density at radius 3 is 2.92 bits per heavy atom. The summed E-state index contributed by atoms with van der Waals surface area (Å²) in [7, 11) is 1.62. The molecule has 132 valence electrons. The largest absolute Gasteiger partial charge is 0.497 e. The number of anilines is 1. The van der Waals surface area contributed by atoms with Gasteiger partial charge in [0, 0.05) is 10.9 Å². The zero-order valence-corrected chi connectivity index (χ0v) is 14.8. The fourth-order valence-corrected chi connectivity index (χ4v) is 3.30. The number of nitrogens with one attached hydrogen (secondary N) is 1. The maximum atomic E-state index is 12.5. The Morgan fingerprint density at radius 1 is 1.23 bits per heavy atom. The molecule has 26 heavy (non-hydrogen) atoms. The average molecular weight is 368 g/mol. The zero-order chi connectivity index (χ0) is 17.9. The first kappa shape index (κ1) is 16.4. The summed E-state index contributed by atoms with van der Waals surface area (Å²) in [5, 5.41) is 5.19. The Bertz CT molecular complexity index is 941. The van der Waals surface area contributed by atoms with Crippen LogP contribution >= 0.6 is 11.3 Å². The van der Waals surface area contributed by atoms with Crippen LogP contribution in [0, 0.1) is 0 Å². The van der Waals surface area contributed by atoms with Crippen molar-refractivity contribution in [3.8, 4) is 28.5 Å². The molecule has 2 aromatic carbocycles. The number of thiazole rings is 1. The number of methoxy groups -OCH3 is 1. The Balaban J connectivity index is 1.45. The van der Waals surface area contributed by atoms with Crippen molar-refractivity contribution >= 4 is 22.4 Å². The Hall–Kier alpha value is -3.06. The van der Waals surface area contributed by atoms with Crippen molar-refractivity contribution < 1.29 is 19.0 Å². The van der Waals surface area contributed by atoms with Gasteiger partial charge in [0.2, 0.25) is 6.10 Å². The Labute approximate surface area is 154 Å². The molecule has 4 rings (SSSR count). The number of nitrogens with zero attached hydrogens (tertiary/aromatic N) is 1. The molecule has 0 fully saturated rings. The molecule has 0 saturated heterocycles. The number of hydrogen-bond acceptors (Lipinski definition) is 6. The first-order valence-electron chi connectivity index (χ1n) is 8.02.